The van der Waals surface area contributed by atoms with Crippen LogP contribution in [0.2, 0.25) is 0 Å². The molecule has 1 aromatic carbocycles. The molecule has 2 N–H and O–H groups in total. The van der Waals surface area contributed by atoms with Gasteiger partial charge in [0.25, 0.3) is 0 Å². The molecule has 0 radical (unpaired) electrons. The molecule has 7 heteroatoms. The van der Waals surface area contributed by atoms with Crippen LogP contribution in [0.3, 0.4) is 0 Å². The highest BCUT2D eigenvalue weighted by Gasteiger charge is 2.37. The Labute approximate surface area is 146 Å². The summed E-state index contributed by atoms with van der Waals surface area (Å²) >= 11 is 0. The number of aromatic nitrogens is 5. The number of nitrogens with one attached hydrogen (secondary N) is 1. The number of rotatable bonds is 4. The second-order valence-corrected chi connectivity index (χ2v) is 6.78. The molecule has 3 aromatic rings. The lowest BCUT2D eigenvalue weighted by Gasteiger charge is -2.38. The summed E-state index contributed by atoms with van der Waals surface area (Å²) in [6.07, 6.45) is 8.80. The molecule has 3 heterocycles. The number of H-pyrrole nitrogens is 1. The summed E-state index contributed by atoms with van der Waals surface area (Å²) in [7, 11) is 0. The fraction of sp³-hybridized carbons (Fsp3) is 0.389. The maximum Gasteiger partial charge on any atom is 0.123 e. The minimum Gasteiger partial charge on any atom is -0.382 e. The maximum absolute atomic E-state index is 10.9. The van der Waals surface area contributed by atoms with Crippen LogP contribution in [-0.4, -0.2) is 48.1 Å². The van der Waals surface area contributed by atoms with E-state index in [9.17, 15) is 5.11 Å². The SMILES string of the molecule is Cc1cc(-n2ccnc2)ccc1CN1CCC[C@@](O)(c2cn[nH]n2)C1. The fourth-order valence-corrected chi connectivity index (χ4v) is 3.56. The van der Waals surface area contributed by atoms with Crippen LogP contribution in [0, 0.1) is 6.92 Å². The van der Waals surface area contributed by atoms with Crippen molar-refractivity contribution in [2.24, 2.45) is 0 Å². The molecule has 1 fully saturated rings. The second kappa shape index (κ2) is 6.42. The molecule has 0 amide bonds. The molecule has 0 saturated carbocycles. The van der Waals surface area contributed by atoms with E-state index in [1.165, 1.54) is 11.1 Å². The first-order valence-corrected chi connectivity index (χ1v) is 8.53. The standard InChI is InChI=1S/C18H22N6O/c1-14-9-16(24-8-6-19-13-24)4-3-15(14)11-23-7-2-5-18(25,12-23)17-10-20-22-21-17/h3-4,6,8-10,13,25H,2,5,7,11-12H2,1H3,(H,20,21,22)/t18-/m0/s1. The molecule has 7 nitrogen and oxygen atoms in total. The van der Waals surface area contributed by atoms with Crippen LogP contribution >= 0.6 is 0 Å². The molecule has 0 unspecified atom stereocenters. The van der Waals surface area contributed by atoms with Gasteiger partial charge in [-0.3, -0.25) is 4.90 Å². The van der Waals surface area contributed by atoms with Gasteiger partial charge in [0.15, 0.2) is 0 Å². The van der Waals surface area contributed by atoms with Gasteiger partial charge in [-0.2, -0.15) is 15.4 Å². The van der Waals surface area contributed by atoms with E-state index in [0.717, 1.165) is 25.2 Å². The zero-order valence-corrected chi connectivity index (χ0v) is 14.3. The predicted molar refractivity (Wildman–Crippen MR) is 93.1 cm³/mol. The van der Waals surface area contributed by atoms with E-state index in [-0.39, 0.29) is 0 Å². The number of imidazole rings is 1. The Hall–Kier alpha value is -2.51. The average Bonchev–Trinajstić information content (AvgIpc) is 3.31. The Kier molecular flexibility index (Phi) is 4.10. The molecule has 0 bridgehead atoms. The van der Waals surface area contributed by atoms with Gasteiger partial charge in [-0.1, -0.05) is 6.07 Å². The van der Waals surface area contributed by atoms with Crippen LogP contribution in [0.4, 0.5) is 0 Å². The van der Waals surface area contributed by atoms with Crippen LogP contribution in [0.1, 0.15) is 29.7 Å². The molecule has 1 aliphatic rings. The number of nitrogens with zero attached hydrogens (tertiary/aromatic N) is 5. The van der Waals surface area contributed by atoms with E-state index in [1.54, 1.807) is 18.7 Å². The first kappa shape index (κ1) is 16.0. The van der Waals surface area contributed by atoms with Gasteiger partial charge in [0.2, 0.25) is 0 Å². The summed E-state index contributed by atoms with van der Waals surface area (Å²) in [5.41, 5.74) is 3.33. The van der Waals surface area contributed by atoms with Crippen LogP contribution in [0.5, 0.6) is 0 Å². The summed E-state index contributed by atoms with van der Waals surface area (Å²) in [4.78, 5) is 6.39. The van der Waals surface area contributed by atoms with Crippen molar-refractivity contribution in [1.29, 1.82) is 0 Å². The Morgan fingerprint density at radius 2 is 2.28 bits per heavy atom. The lowest BCUT2D eigenvalue weighted by Crippen LogP contribution is -2.46. The maximum atomic E-state index is 10.9. The first-order chi connectivity index (χ1) is 12.1. The molecule has 4 rings (SSSR count). The molecule has 0 aliphatic carbocycles. The number of likely N-dealkylation sites (tertiary alicyclic amines) is 1. The zero-order valence-electron chi connectivity index (χ0n) is 14.3. The highest BCUT2D eigenvalue weighted by Crippen LogP contribution is 2.30. The molecular weight excluding hydrogens is 316 g/mol. The third-order valence-electron chi connectivity index (χ3n) is 4.96. The second-order valence-electron chi connectivity index (χ2n) is 6.78. The number of aromatic amines is 1. The third kappa shape index (κ3) is 3.20. The Balaban J connectivity index is 1.50. The molecule has 0 spiro atoms. The van der Waals surface area contributed by atoms with Gasteiger partial charge >= 0.3 is 0 Å². The fourth-order valence-electron chi connectivity index (χ4n) is 3.56. The van der Waals surface area contributed by atoms with Crippen molar-refractivity contribution in [3.63, 3.8) is 0 Å². The molecule has 25 heavy (non-hydrogen) atoms. The number of aryl methyl sites for hydroxylation is 1. The van der Waals surface area contributed by atoms with Gasteiger partial charge < -0.3 is 9.67 Å². The smallest absolute Gasteiger partial charge is 0.123 e. The van der Waals surface area contributed by atoms with Crippen molar-refractivity contribution in [2.45, 2.75) is 31.9 Å². The number of hydrogen-bond acceptors (Lipinski definition) is 5. The van der Waals surface area contributed by atoms with Crippen molar-refractivity contribution >= 4 is 0 Å². The van der Waals surface area contributed by atoms with Gasteiger partial charge in [0.05, 0.1) is 12.5 Å². The zero-order chi connectivity index (χ0) is 17.3. The monoisotopic (exact) mass is 338 g/mol. The number of aliphatic hydroxyl groups is 1. The van der Waals surface area contributed by atoms with Crippen LogP contribution in [0.25, 0.3) is 5.69 Å². The van der Waals surface area contributed by atoms with E-state index in [4.69, 9.17) is 0 Å². The van der Waals surface area contributed by atoms with Gasteiger partial charge in [-0.05, 0) is 49.6 Å². The normalized spacial score (nSPS) is 21.5. The van der Waals surface area contributed by atoms with Crippen molar-refractivity contribution < 1.29 is 5.11 Å². The van der Waals surface area contributed by atoms with Crippen molar-refractivity contribution in [3.05, 3.63) is 59.9 Å². The molecule has 1 saturated heterocycles. The highest BCUT2D eigenvalue weighted by molar-refractivity contribution is 5.40. The summed E-state index contributed by atoms with van der Waals surface area (Å²) in [5, 5.41) is 21.5. The average molecular weight is 338 g/mol. The number of β-amino-alcohol motifs (C(OH)–C–C–N with tert-alkyl or cyclic N) is 1. The highest BCUT2D eigenvalue weighted by atomic mass is 16.3. The van der Waals surface area contributed by atoms with Crippen LogP contribution in [-0.2, 0) is 12.1 Å². The van der Waals surface area contributed by atoms with Crippen LogP contribution < -0.4 is 0 Å². The Bertz CT molecular complexity index is 829. The van der Waals surface area contributed by atoms with E-state index >= 15 is 0 Å². The van der Waals surface area contributed by atoms with Crippen LogP contribution in [0.15, 0.2) is 43.1 Å². The quantitative estimate of drug-likeness (QED) is 0.758. The molecule has 2 aromatic heterocycles. The van der Waals surface area contributed by atoms with Crippen molar-refractivity contribution in [3.8, 4) is 5.69 Å². The summed E-state index contributed by atoms with van der Waals surface area (Å²) in [5.74, 6) is 0. The number of piperidine rings is 1. The lowest BCUT2D eigenvalue weighted by atomic mass is 9.89. The first-order valence-electron chi connectivity index (χ1n) is 8.53. The molecule has 1 aliphatic heterocycles. The topological polar surface area (TPSA) is 82.9 Å². The van der Waals surface area contributed by atoms with E-state index < -0.39 is 5.60 Å². The van der Waals surface area contributed by atoms with Gasteiger partial charge in [0.1, 0.15) is 11.3 Å². The third-order valence-corrected chi connectivity index (χ3v) is 4.96. The van der Waals surface area contributed by atoms with Gasteiger partial charge in [-0.15, -0.1) is 0 Å². The summed E-state index contributed by atoms with van der Waals surface area (Å²) in [6, 6.07) is 6.44. The Morgan fingerprint density at radius 3 is 3.00 bits per heavy atom. The van der Waals surface area contributed by atoms with Gasteiger partial charge in [-0.25, -0.2) is 4.98 Å². The summed E-state index contributed by atoms with van der Waals surface area (Å²) < 4.78 is 2.00. The minimum absolute atomic E-state index is 0.572. The molecule has 130 valence electrons. The summed E-state index contributed by atoms with van der Waals surface area (Å²) in [6.45, 7) is 4.49. The predicted octanol–water partition coefficient (Wildman–Crippen LogP) is 1.78. The molecule has 1 atom stereocenters. The van der Waals surface area contributed by atoms with Crippen molar-refractivity contribution in [1.82, 2.24) is 29.9 Å². The lowest BCUT2D eigenvalue weighted by molar-refractivity contribution is -0.0414. The number of benzene rings is 1. The van der Waals surface area contributed by atoms with Crippen molar-refractivity contribution in [2.75, 3.05) is 13.1 Å². The van der Waals surface area contributed by atoms with Gasteiger partial charge in [0, 0.05) is 31.2 Å². The van der Waals surface area contributed by atoms with E-state index in [1.807, 2.05) is 10.8 Å². The number of hydrogen-bond donors (Lipinski definition) is 2. The minimum atomic E-state index is -0.921. The Morgan fingerprint density at radius 1 is 1.36 bits per heavy atom. The van der Waals surface area contributed by atoms with E-state index in [0.29, 0.717) is 18.7 Å². The van der Waals surface area contributed by atoms with E-state index in [2.05, 4.69) is 50.4 Å². The molecular formula is C18H22N6O. The largest absolute Gasteiger partial charge is 0.382 e.